The summed E-state index contributed by atoms with van der Waals surface area (Å²) in [5.41, 5.74) is 1.02. The maximum absolute atomic E-state index is 12.3. The minimum Gasteiger partial charge on any atom is -0.301 e. The molecule has 0 spiro atoms. The number of halogens is 5. The van der Waals surface area contributed by atoms with Crippen LogP contribution in [-0.4, -0.2) is 29.5 Å². The van der Waals surface area contributed by atoms with Crippen LogP contribution in [0.15, 0.2) is 15.2 Å². The second kappa shape index (κ2) is 5.84. The highest BCUT2D eigenvalue weighted by Crippen LogP contribution is 2.27. The quantitative estimate of drug-likeness (QED) is 0.705. The van der Waals surface area contributed by atoms with Crippen LogP contribution in [0.5, 0.6) is 0 Å². The van der Waals surface area contributed by atoms with E-state index in [1.807, 2.05) is 11.4 Å². The Labute approximate surface area is 113 Å². The monoisotopic (exact) mass is 379 g/mol. The first-order valence-corrected chi connectivity index (χ1v) is 7.00. The van der Waals surface area contributed by atoms with E-state index < -0.39 is 11.0 Å². The van der Waals surface area contributed by atoms with Gasteiger partial charge in [0.25, 0.3) is 0 Å². The first kappa shape index (κ1) is 14.5. The van der Waals surface area contributed by atoms with Gasteiger partial charge in [-0.3, -0.25) is 0 Å². The highest BCUT2D eigenvalue weighted by molar-refractivity contribution is 9.11. The number of nitrogens with zero attached hydrogens (tertiary/aromatic N) is 1. The van der Waals surface area contributed by atoms with E-state index in [9.17, 15) is 13.2 Å². The largest absolute Gasteiger partial charge is 0.402 e. The lowest BCUT2D eigenvalue weighted by Crippen LogP contribution is -2.34. The van der Waals surface area contributed by atoms with Gasteiger partial charge in [-0.2, -0.15) is 13.2 Å². The molecule has 0 amide bonds. The molecule has 1 nitrogen and oxygen atoms in total. The van der Waals surface area contributed by atoms with E-state index in [2.05, 4.69) is 31.9 Å². The highest BCUT2D eigenvalue weighted by Gasteiger charge is 2.38. The lowest BCUT2D eigenvalue weighted by molar-refractivity contribution is -0.130. The Morgan fingerprint density at radius 3 is 2.56 bits per heavy atom. The molecule has 0 aliphatic rings. The van der Waals surface area contributed by atoms with Gasteiger partial charge in [0.1, 0.15) is 4.83 Å². The summed E-state index contributed by atoms with van der Waals surface area (Å²) in [6, 6.07) is 1.91. The van der Waals surface area contributed by atoms with Gasteiger partial charge in [-0.1, -0.05) is 15.9 Å². The Bertz CT molecular complexity index is 340. The Morgan fingerprint density at radius 1 is 1.50 bits per heavy atom. The van der Waals surface area contributed by atoms with Crippen LogP contribution in [-0.2, 0) is 6.54 Å². The Morgan fingerprint density at radius 2 is 2.12 bits per heavy atom. The molecule has 92 valence electrons. The fourth-order valence-corrected chi connectivity index (χ4v) is 2.88. The predicted molar refractivity (Wildman–Crippen MR) is 67.1 cm³/mol. The first-order valence-electron chi connectivity index (χ1n) is 4.41. The van der Waals surface area contributed by atoms with Crippen molar-refractivity contribution >= 4 is 43.2 Å². The van der Waals surface area contributed by atoms with Crippen LogP contribution in [0, 0.1) is 0 Å². The molecule has 0 saturated carbocycles. The maximum Gasteiger partial charge on any atom is 0.402 e. The van der Waals surface area contributed by atoms with E-state index in [-0.39, 0.29) is 6.54 Å². The van der Waals surface area contributed by atoms with Crippen molar-refractivity contribution in [2.75, 3.05) is 13.6 Å². The van der Waals surface area contributed by atoms with Crippen molar-refractivity contribution in [2.24, 2.45) is 0 Å². The maximum atomic E-state index is 12.3. The van der Waals surface area contributed by atoms with E-state index in [1.165, 1.54) is 11.3 Å². The van der Waals surface area contributed by atoms with Gasteiger partial charge >= 0.3 is 6.18 Å². The number of thiophene rings is 1. The summed E-state index contributed by atoms with van der Waals surface area (Å²) >= 11 is 7.49. The number of rotatable bonds is 4. The van der Waals surface area contributed by atoms with Gasteiger partial charge in [-0.25, -0.2) is 0 Å². The molecule has 0 saturated heterocycles. The normalized spacial score (nSPS) is 14.4. The van der Waals surface area contributed by atoms with E-state index in [0.717, 1.165) is 9.35 Å². The summed E-state index contributed by atoms with van der Waals surface area (Å²) in [7, 11) is 1.67. The highest BCUT2D eigenvalue weighted by atomic mass is 79.9. The predicted octanol–water partition coefficient (Wildman–Crippen LogP) is 4.27. The Kier molecular flexibility index (Phi) is 5.28. The van der Waals surface area contributed by atoms with Crippen molar-refractivity contribution in [1.29, 1.82) is 0 Å². The average molecular weight is 381 g/mol. The molecule has 1 atom stereocenters. The van der Waals surface area contributed by atoms with Crippen molar-refractivity contribution < 1.29 is 13.2 Å². The van der Waals surface area contributed by atoms with Crippen LogP contribution < -0.4 is 0 Å². The molecule has 16 heavy (non-hydrogen) atoms. The molecule has 0 aliphatic heterocycles. The molecule has 7 heteroatoms. The molecule has 1 aromatic rings. The van der Waals surface area contributed by atoms with E-state index >= 15 is 0 Å². The lowest BCUT2D eigenvalue weighted by Gasteiger charge is -2.21. The van der Waals surface area contributed by atoms with E-state index in [4.69, 9.17) is 0 Å². The molecule has 0 aliphatic carbocycles. The molecule has 0 bridgehead atoms. The summed E-state index contributed by atoms with van der Waals surface area (Å²) in [6.45, 7) is 0.456. The number of alkyl halides is 4. The third-order valence-electron chi connectivity index (χ3n) is 1.90. The van der Waals surface area contributed by atoms with Gasteiger partial charge in [0.05, 0.1) is 3.79 Å². The molecule has 0 fully saturated rings. The molecular formula is C9H10Br2F3NS. The van der Waals surface area contributed by atoms with Crippen LogP contribution >= 0.6 is 43.2 Å². The van der Waals surface area contributed by atoms with Gasteiger partial charge in [0.15, 0.2) is 0 Å². The fourth-order valence-electron chi connectivity index (χ4n) is 1.18. The van der Waals surface area contributed by atoms with Crippen LogP contribution in [0.2, 0.25) is 0 Å². The first-order chi connectivity index (χ1) is 7.29. The zero-order chi connectivity index (χ0) is 12.3. The van der Waals surface area contributed by atoms with Gasteiger partial charge in [0, 0.05) is 13.1 Å². The van der Waals surface area contributed by atoms with Crippen molar-refractivity contribution in [3.05, 3.63) is 20.8 Å². The summed E-state index contributed by atoms with van der Waals surface area (Å²) < 4.78 is 37.8. The summed E-state index contributed by atoms with van der Waals surface area (Å²) in [4.78, 5) is 0.161. The van der Waals surface area contributed by atoms with E-state index in [0.29, 0.717) is 6.54 Å². The molecule has 1 heterocycles. The van der Waals surface area contributed by atoms with Crippen molar-refractivity contribution in [3.63, 3.8) is 0 Å². The van der Waals surface area contributed by atoms with Crippen LogP contribution in [0.4, 0.5) is 13.2 Å². The number of hydrogen-bond acceptors (Lipinski definition) is 2. The van der Waals surface area contributed by atoms with Crippen molar-refractivity contribution in [3.8, 4) is 0 Å². The molecule has 0 N–H and O–H groups in total. The zero-order valence-corrected chi connectivity index (χ0v) is 12.4. The second-order valence-corrected chi connectivity index (χ2v) is 6.86. The van der Waals surface area contributed by atoms with Crippen molar-refractivity contribution in [2.45, 2.75) is 17.5 Å². The van der Waals surface area contributed by atoms with Crippen LogP contribution in [0.1, 0.15) is 5.56 Å². The number of hydrogen-bond donors (Lipinski definition) is 0. The van der Waals surface area contributed by atoms with E-state index in [1.54, 1.807) is 11.9 Å². The molecule has 0 aromatic carbocycles. The fraction of sp³-hybridized carbons (Fsp3) is 0.556. The molecule has 0 radical (unpaired) electrons. The summed E-state index contributed by atoms with van der Waals surface area (Å²) in [5, 5.41) is 1.93. The van der Waals surface area contributed by atoms with Crippen LogP contribution in [0.25, 0.3) is 0 Å². The Balaban J connectivity index is 2.45. The smallest absolute Gasteiger partial charge is 0.301 e. The molecule has 1 unspecified atom stereocenters. The van der Waals surface area contributed by atoms with Crippen LogP contribution in [0.3, 0.4) is 0 Å². The van der Waals surface area contributed by atoms with Gasteiger partial charge in [0.2, 0.25) is 0 Å². The molecule has 1 aromatic heterocycles. The third kappa shape index (κ3) is 4.73. The summed E-state index contributed by atoms with van der Waals surface area (Å²) in [6.07, 6.45) is -4.19. The minimum absolute atomic E-state index is 0.0586. The molecule has 1 rings (SSSR count). The van der Waals surface area contributed by atoms with Crippen molar-refractivity contribution in [1.82, 2.24) is 4.90 Å². The minimum atomic E-state index is -4.19. The van der Waals surface area contributed by atoms with Gasteiger partial charge in [-0.15, -0.1) is 11.3 Å². The SMILES string of the molecule is CN(Cc1csc(Br)c1)CC(Br)C(F)(F)F. The summed E-state index contributed by atoms with van der Waals surface area (Å²) in [5.74, 6) is 0. The second-order valence-electron chi connectivity index (χ2n) is 3.46. The Hall–Kier alpha value is 0.410. The zero-order valence-electron chi connectivity index (χ0n) is 8.39. The third-order valence-corrected chi connectivity index (χ3v) is 4.26. The molecular weight excluding hydrogens is 371 g/mol. The van der Waals surface area contributed by atoms with Gasteiger partial charge in [-0.05, 0) is 40.0 Å². The lowest BCUT2D eigenvalue weighted by atomic mass is 10.3. The topological polar surface area (TPSA) is 3.24 Å². The van der Waals surface area contributed by atoms with Gasteiger partial charge < -0.3 is 4.90 Å². The standard InChI is InChI=1S/C9H10Br2F3NS/c1-15(4-7(10)9(12,13)14)3-6-2-8(11)16-5-6/h2,5,7H,3-4H2,1H3. The average Bonchev–Trinajstić information content (AvgIpc) is 2.49.